The van der Waals surface area contributed by atoms with Crippen molar-refractivity contribution in [2.75, 3.05) is 0 Å². The SMILES string of the molecule is O=S(=O)([O-])[O-].O=S(=O)([O-])[O-].O=S(=O)([O-])[O-].O=S(=O)([O-])[O-].O=S(=O)([O-])[O-].O=S(=O)([O-])[O-].O=S(=O)([O-])[O-].O=S(=O)([O-])[O-].O=S(=O)([O-])[O-].O=S(=O)([O-])[O-].[NH4+].[NH4+].[NH4+].[NH4+].[NH4+].[NH4+].[NH4+].[NH4+].[NH4+].[NH4+].[NH4+].[NH4+].[NH4+].[NH4+].[NH4+].[NH4+].[NH4+].[NH4+].[NH4+].[NH4+]. The Morgan fingerprint density at radius 3 is 0.100 bits per heavy atom. The highest BCUT2D eigenvalue weighted by Crippen LogP contribution is 1.61. The van der Waals surface area contributed by atoms with E-state index < -0.39 is 104 Å². The lowest BCUT2D eigenvalue weighted by molar-refractivity contribution is 0.350. The van der Waals surface area contributed by atoms with Crippen LogP contribution in [0.5, 0.6) is 0 Å². The molecule has 0 atom stereocenters. The molecule has 70 heteroatoms. The molecule has 0 fully saturated rings. The maximum Gasteiger partial charge on any atom is 0.0311 e. The third kappa shape index (κ3) is 62900. The second-order valence-electron chi connectivity index (χ2n) is 4.08. The van der Waals surface area contributed by atoms with Gasteiger partial charge in [0.25, 0.3) is 0 Å². The maximum absolute atomic E-state index is 8.52. The summed E-state index contributed by atoms with van der Waals surface area (Å²) < 4.78 is 341. The van der Waals surface area contributed by atoms with Gasteiger partial charge in [0.15, 0.2) is 0 Å². The van der Waals surface area contributed by atoms with E-state index in [1.165, 1.54) is 0 Å². The molecular weight excluding hydrogens is 1240 g/mol. The van der Waals surface area contributed by atoms with Crippen LogP contribution in [0.1, 0.15) is 0 Å². The Kier molecular flexibility index (Phi) is 262. The molecule has 0 saturated carbocycles. The predicted molar refractivity (Wildman–Crippen MR) is 224 cm³/mol. The van der Waals surface area contributed by atoms with Crippen molar-refractivity contribution in [3.05, 3.63) is 0 Å². The fourth-order valence-electron chi connectivity index (χ4n) is 0. The molecule has 0 aromatic carbocycles. The van der Waals surface area contributed by atoms with Gasteiger partial charge in [0, 0.05) is 104 Å². The molecule has 60 nitrogen and oxygen atoms in total. The summed E-state index contributed by atoms with van der Waals surface area (Å²) in [4.78, 5) is 0. The van der Waals surface area contributed by atoms with Gasteiger partial charge in [0.05, 0.1) is 0 Å². The van der Waals surface area contributed by atoms with Crippen LogP contribution in [0.2, 0.25) is 0 Å². The molecule has 480 valence electrons. The van der Waals surface area contributed by atoms with Crippen molar-refractivity contribution < 1.29 is 175 Å². The molecule has 0 bridgehead atoms. The largest absolute Gasteiger partial charge is 0.759 e. The Morgan fingerprint density at radius 2 is 0.100 bits per heavy atom. The summed E-state index contributed by atoms with van der Waals surface area (Å²) in [5.41, 5.74) is 0. The summed E-state index contributed by atoms with van der Waals surface area (Å²) in [6.45, 7) is 0. The van der Waals surface area contributed by atoms with Crippen molar-refractivity contribution >= 4 is 104 Å². The number of quaternary nitrogens is 20. The van der Waals surface area contributed by atoms with Crippen molar-refractivity contribution in [1.29, 1.82) is 0 Å². The molecule has 0 heterocycles. The minimum absolute atomic E-state index is 0. The van der Waals surface area contributed by atoms with E-state index in [1.807, 2.05) is 0 Å². The first kappa shape index (κ1) is 212. The highest BCUT2D eigenvalue weighted by atomic mass is 32.3. The van der Waals surface area contributed by atoms with E-state index in [2.05, 4.69) is 0 Å². The quantitative estimate of drug-likeness (QED) is 0.0793. The molecule has 0 aliphatic rings. The third-order valence-electron chi connectivity index (χ3n) is 0. The summed E-state index contributed by atoms with van der Waals surface area (Å²) in [7, 11) is -51.7. The van der Waals surface area contributed by atoms with Crippen molar-refractivity contribution in [3.63, 3.8) is 0 Å². The molecule has 80 N–H and O–H groups in total. The minimum Gasteiger partial charge on any atom is -0.759 e. The highest BCUT2D eigenvalue weighted by Gasteiger charge is 1.53. The number of hydrogen-bond donors (Lipinski definition) is 20. The van der Waals surface area contributed by atoms with Crippen LogP contribution < -0.4 is 123 Å². The zero-order valence-electron chi connectivity index (χ0n) is 40.4. The van der Waals surface area contributed by atoms with Crippen molar-refractivity contribution in [1.82, 2.24) is 123 Å². The molecule has 0 aromatic heterocycles. The van der Waals surface area contributed by atoms with E-state index in [9.17, 15) is 0 Å². The van der Waals surface area contributed by atoms with E-state index in [-0.39, 0.29) is 123 Å². The average Bonchev–Trinajstić information content (AvgIpc) is 2.34. The molecule has 70 heavy (non-hydrogen) atoms. The molecule has 0 saturated heterocycles. The van der Waals surface area contributed by atoms with Crippen LogP contribution in [0.3, 0.4) is 0 Å². The monoisotopic (exact) mass is 1320 g/mol. The van der Waals surface area contributed by atoms with Crippen LogP contribution in [0, 0.1) is 0 Å². The highest BCUT2D eigenvalue weighted by molar-refractivity contribution is 7.81. The fraction of sp³-hybridized carbons (Fsp3) is 0. The first-order valence-corrected chi connectivity index (χ1v) is 20.0. The summed E-state index contributed by atoms with van der Waals surface area (Å²) in [5, 5.41) is 0. The molecule has 0 spiro atoms. The summed E-state index contributed by atoms with van der Waals surface area (Å²) in [5.74, 6) is 0. The van der Waals surface area contributed by atoms with Gasteiger partial charge in [-0.2, -0.15) is 0 Å². The van der Waals surface area contributed by atoms with E-state index in [4.69, 9.17) is 175 Å². The van der Waals surface area contributed by atoms with Crippen molar-refractivity contribution in [2.45, 2.75) is 0 Å². The van der Waals surface area contributed by atoms with E-state index >= 15 is 0 Å². The Bertz CT molecular complexity index is 1430. The molecule has 0 aliphatic heterocycles. The minimum atomic E-state index is -5.17. The third-order valence-corrected chi connectivity index (χ3v) is 0. The first-order valence-electron chi connectivity index (χ1n) is 6.67. The van der Waals surface area contributed by atoms with E-state index in [0.29, 0.717) is 0 Å². The lowest BCUT2D eigenvalue weighted by atomic mass is 14.0. The van der Waals surface area contributed by atoms with Gasteiger partial charge in [-0.1, -0.05) is 0 Å². The molecule has 0 aromatic rings. The summed E-state index contributed by atoms with van der Waals surface area (Å²) in [6, 6.07) is 0. The smallest absolute Gasteiger partial charge is 0.0311 e. The van der Waals surface area contributed by atoms with E-state index in [1.54, 1.807) is 0 Å². The average molecular weight is 1320 g/mol. The molecule has 0 radical (unpaired) electrons. The zero-order valence-corrected chi connectivity index (χ0v) is 48.6. The lowest BCUT2D eigenvalue weighted by Crippen LogP contribution is -1.91. The van der Waals surface area contributed by atoms with Gasteiger partial charge in [-0.15, -0.1) is 0 Å². The van der Waals surface area contributed by atoms with Gasteiger partial charge in [0.1, 0.15) is 0 Å². The standard InChI is InChI=1S/20H3N.10H2O4S/c;;;;;;;;;;;;;;;;;;;;10*1-5(2,3)4/h20*1H3;10*(H2,1,2,3,4). The molecule has 0 rings (SSSR count). The van der Waals surface area contributed by atoms with Gasteiger partial charge in [-0.3, -0.25) is 84.2 Å². The van der Waals surface area contributed by atoms with Crippen molar-refractivity contribution in [3.8, 4) is 0 Å². The van der Waals surface area contributed by atoms with Crippen LogP contribution in [-0.2, 0) is 104 Å². The van der Waals surface area contributed by atoms with Crippen LogP contribution in [0.4, 0.5) is 0 Å². The number of hydrogen-bond acceptors (Lipinski definition) is 40. The van der Waals surface area contributed by atoms with Crippen LogP contribution in [0.25, 0.3) is 0 Å². The molecule has 0 amide bonds. The van der Waals surface area contributed by atoms with Crippen LogP contribution >= 0.6 is 0 Å². The normalized spacial score (nSPS) is 8.29. The van der Waals surface area contributed by atoms with Crippen LogP contribution in [-0.4, -0.2) is 175 Å². The fourth-order valence-corrected chi connectivity index (χ4v) is 0. The lowest BCUT2D eigenvalue weighted by Gasteiger charge is -2.06. The Morgan fingerprint density at radius 1 is 0.100 bits per heavy atom. The van der Waals surface area contributed by atoms with Crippen molar-refractivity contribution in [2.24, 2.45) is 0 Å². The zero-order chi connectivity index (χ0) is 45.0. The number of rotatable bonds is 0. The summed E-state index contributed by atoms with van der Waals surface area (Å²) in [6.07, 6.45) is 0. The van der Waals surface area contributed by atoms with Gasteiger partial charge in [0.2, 0.25) is 0 Å². The molecular formula is H80N20O40S10. The predicted octanol–water partition coefficient (Wildman–Crippen LogP) is -5.86. The second kappa shape index (κ2) is 86.7. The van der Waals surface area contributed by atoms with Gasteiger partial charge in [-0.05, 0) is 0 Å². The second-order valence-corrected chi connectivity index (χ2v) is 12.2. The Labute approximate surface area is 400 Å². The topological polar surface area (TPSA) is 1530 Å². The van der Waals surface area contributed by atoms with Gasteiger partial charge in [-0.25, -0.2) is 0 Å². The van der Waals surface area contributed by atoms with E-state index in [0.717, 1.165) is 0 Å². The van der Waals surface area contributed by atoms with Gasteiger partial charge >= 0.3 is 0 Å². The maximum atomic E-state index is 8.52. The Hall–Kier alpha value is -2.10. The van der Waals surface area contributed by atoms with Gasteiger partial charge < -0.3 is 214 Å². The molecule has 0 unspecified atom stereocenters. The molecule has 0 aliphatic carbocycles. The Balaban J connectivity index is -0.00000000879. The summed E-state index contributed by atoms with van der Waals surface area (Å²) >= 11 is 0. The first-order chi connectivity index (χ1) is 20.0. The van der Waals surface area contributed by atoms with Crippen LogP contribution in [0.15, 0.2) is 0 Å².